The predicted octanol–water partition coefficient (Wildman–Crippen LogP) is 5.00. The van der Waals surface area contributed by atoms with Gasteiger partial charge >= 0.3 is 5.97 Å². The van der Waals surface area contributed by atoms with Crippen molar-refractivity contribution in [1.29, 1.82) is 0 Å². The van der Waals surface area contributed by atoms with E-state index in [1.807, 2.05) is 26.0 Å². The summed E-state index contributed by atoms with van der Waals surface area (Å²) in [6.07, 6.45) is 1.93. The fourth-order valence-electron chi connectivity index (χ4n) is 3.45. The number of aromatic hydroxyl groups is 1. The van der Waals surface area contributed by atoms with E-state index in [4.69, 9.17) is 21.1 Å². The maximum absolute atomic E-state index is 12.6. The van der Waals surface area contributed by atoms with Crippen LogP contribution in [0.1, 0.15) is 25.0 Å². The number of benzene rings is 2. The van der Waals surface area contributed by atoms with Gasteiger partial charge in [-0.15, -0.1) is 13.2 Å². The van der Waals surface area contributed by atoms with E-state index in [0.717, 1.165) is 11.1 Å². The number of carbonyl (C=O) groups excluding carboxylic acids is 1. The Bertz CT molecular complexity index is 920. The molecule has 1 aliphatic heterocycles. The smallest absolute Gasteiger partial charge is 0.317 e. The van der Waals surface area contributed by atoms with Crippen LogP contribution in [0.4, 0.5) is 0 Å². The van der Waals surface area contributed by atoms with E-state index in [1.165, 1.54) is 6.07 Å². The molecule has 30 heavy (non-hydrogen) atoms. The molecule has 1 aliphatic rings. The highest BCUT2D eigenvalue weighted by atomic mass is 35.5. The van der Waals surface area contributed by atoms with E-state index in [2.05, 4.69) is 13.2 Å². The molecule has 1 heterocycles. The third-order valence-corrected chi connectivity index (χ3v) is 5.47. The quantitative estimate of drug-likeness (QED) is 0.515. The Morgan fingerprint density at radius 2 is 1.87 bits per heavy atom. The van der Waals surface area contributed by atoms with Gasteiger partial charge in [0.05, 0.1) is 18.1 Å². The topological polar surface area (TPSA) is 76.0 Å². The summed E-state index contributed by atoms with van der Waals surface area (Å²) in [6.45, 7) is 9.70. The molecule has 0 bridgehead atoms. The lowest BCUT2D eigenvalue weighted by molar-refractivity contribution is -0.140. The van der Waals surface area contributed by atoms with Gasteiger partial charge in [0, 0.05) is 0 Å². The Balaban J connectivity index is 0.00000155. The lowest BCUT2D eigenvalue weighted by atomic mass is 9.76. The van der Waals surface area contributed by atoms with Crippen LogP contribution in [-0.4, -0.2) is 28.9 Å². The number of carbonyl (C=O) groups is 1. The van der Waals surface area contributed by atoms with Gasteiger partial charge < -0.3 is 19.7 Å². The van der Waals surface area contributed by atoms with Crippen molar-refractivity contribution in [3.05, 3.63) is 77.5 Å². The van der Waals surface area contributed by atoms with Gasteiger partial charge in [-0.25, -0.2) is 0 Å². The molecular weight excluding hydrogens is 404 g/mol. The number of esters is 1. The van der Waals surface area contributed by atoms with E-state index in [-0.39, 0.29) is 28.9 Å². The largest absolute Gasteiger partial charge is 0.506 e. The van der Waals surface area contributed by atoms with Crippen LogP contribution < -0.4 is 4.74 Å². The maximum Gasteiger partial charge on any atom is 0.317 e. The van der Waals surface area contributed by atoms with Gasteiger partial charge in [0.1, 0.15) is 22.9 Å². The monoisotopic (exact) mass is 430 g/mol. The van der Waals surface area contributed by atoms with E-state index in [1.54, 1.807) is 37.5 Å². The Kier molecular flexibility index (Phi) is 7.71. The van der Waals surface area contributed by atoms with Crippen LogP contribution in [-0.2, 0) is 16.0 Å². The van der Waals surface area contributed by atoms with Gasteiger partial charge in [-0.1, -0.05) is 43.6 Å². The molecule has 1 fully saturated rings. The zero-order valence-electron chi connectivity index (χ0n) is 17.4. The minimum atomic E-state index is -1.46. The van der Waals surface area contributed by atoms with Crippen molar-refractivity contribution < 1.29 is 24.5 Å². The Hall–Kier alpha value is -2.76. The highest BCUT2D eigenvalue weighted by Crippen LogP contribution is 2.44. The number of cyclic esters (lactones) is 1. The highest BCUT2D eigenvalue weighted by molar-refractivity contribution is 6.32. The fraction of sp³-hybridized carbons (Fsp3) is 0.292. The Morgan fingerprint density at radius 3 is 2.40 bits per heavy atom. The third kappa shape index (κ3) is 4.69. The number of aliphatic hydroxyl groups is 1. The number of ether oxygens (including phenoxy) is 2. The van der Waals surface area contributed by atoms with Gasteiger partial charge in [0.15, 0.2) is 0 Å². The molecule has 0 aliphatic carbocycles. The second-order valence-corrected chi connectivity index (χ2v) is 7.63. The van der Waals surface area contributed by atoms with Crippen LogP contribution in [0.5, 0.6) is 11.5 Å². The summed E-state index contributed by atoms with van der Waals surface area (Å²) in [4.78, 5) is 12.6. The molecule has 3 rings (SSSR count). The van der Waals surface area contributed by atoms with Crippen LogP contribution in [0.25, 0.3) is 6.08 Å². The van der Waals surface area contributed by atoms with E-state index >= 15 is 0 Å². The summed E-state index contributed by atoms with van der Waals surface area (Å²) in [7, 11) is 1.59. The summed E-state index contributed by atoms with van der Waals surface area (Å²) in [5.74, 6) is -0.614. The molecule has 6 heteroatoms. The van der Waals surface area contributed by atoms with Gasteiger partial charge in [0.2, 0.25) is 0 Å². The van der Waals surface area contributed by atoms with E-state index in [9.17, 15) is 15.0 Å². The van der Waals surface area contributed by atoms with Crippen LogP contribution in [0.15, 0.2) is 61.4 Å². The summed E-state index contributed by atoms with van der Waals surface area (Å²) in [5.41, 5.74) is 0.0620. The predicted molar refractivity (Wildman–Crippen MR) is 118 cm³/mol. The lowest BCUT2D eigenvalue weighted by Gasteiger charge is -2.31. The first-order valence-corrected chi connectivity index (χ1v) is 9.91. The number of phenols is 1. The minimum Gasteiger partial charge on any atom is -0.506 e. The summed E-state index contributed by atoms with van der Waals surface area (Å²) < 4.78 is 10.6. The van der Waals surface area contributed by atoms with Gasteiger partial charge in [-0.2, -0.15) is 0 Å². The van der Waals surface area contributed by atoms with Crippen LogP contribution in [0, 0.1) is 11.8 Å². The molecule has 0 aromatic heterocycles. The lowest BCUT2D eigenvalue weighted by Crippen LogP contribution is -2.43. The normalized spacial score (nSPS) is 21.9. The number of phenolic OH excluding ortho intramolecular Hbond substituents is 1. The molecule has 0 saturated carbocycles. The minimum absolute atomic E-state index is 0.0290. The first-order valence-electron chi connectivity index (χ1n) is 9.53. The van der Waals surface area contributed by atoms with E-state index < -0.39 is 17.5 Å². The average molecular weight is 431 g/mol. The number of halogens is 1. The van der Waals surface area contributed by atoms with Crippen molar-refractivity contribution in [1.82, 2.24) is 0 Å². The Morgan fingerprint density at radius 1 is 1.23 bits per heavy atom. The first kappa shape index (κ1) is 23.5. The Labute approximate surface area is 182 Å². The molecule has 0 spiro atoms. The van der Waals surface area contributed by atoms with Crippen molar-refractivity contribution in [3.8, 4) is 11.5 Å². The second kappa shape index (κ2) is 9.83. The van der Waals surface area contributed by atoms with Crippen molar-refractivity contribution >= 4 is 23.6 Å². The zero-order chi connectivity index (χ0) is 22.5. The van der Waals surface area contributed by atoms with Crippen molar-refractivity contribution in [2.45, 2.75) is 25.9 Å². The number of methoxy groups -OCH3 is 1. The zero-order valence-corrected chi connectivity index (χ0v) is 18.1. The fourth-order valence-corrected chi connectivity index (χ4v) is 3.65. The molecule has 2 aromatic carbocycles. The summed E-state index contributed by atoms with van der Waals surface area (Å²) in [5, 5.41) is 21.3. The van der Waals surface area contributed by atoms with Crippen molar-refractivity contribution in [2.75, 3.05) is 7.11 Å². The molecule has 0 amide bonds. The standard InChI is InChI=1S/C22H23ClO5.C2H4/c1-13(2)22(26)17(10-15-6-9-19(24)18(23)11-15)21(25)28-20(22)12-14-4-7-16(27-3)8-5-14;1-2/h4-9,11-13,17,24,26H,10H2,1-3H3;1-2H2/b20-12-;/t17-,22+;/m0./s1. The van der Waals surface area contributed by atoms with Gasteiger partial charge in [-0.05, 0) is 53.8 Å². The van der Waals surface area contributed by atoms with Crippen LogP contribution in [0.2, 0.25) is 5.02 Å². The van der Waals surface area contributed by atoms with Crippen LogP contribution in [0.3, 0.4) is 0 Å². The third-order valence-electron chi connectivity index (χ3n) is 5.17. The molecule has 5 nitrogen and oxygen atoms in total. The van der Waals surface area contributed by atoms with E-state index in [0.29, 0.717) is 5.75 Å². The van der Waals surface area contributed by atoms with Gasteiger partial charge in [0.25, 0.3) is 0 Å². The second-order valence-electron chi connectivity index (χ2n) is 7.23. The molecule has 2 atom stereocenters. The number of hydrogen-bond acceptors (Lipinski definition) is 5. The molecule has 0 radical (unpaired) electrons. The maximum atomic E-state index is 12.6. The molecular formula is C24H27ClO5. The highest BCUT2D eigenvalue weighted by Gasteiger charge is 2.55. The van der Waals surface area contributed by atoms with Gasteiger partial charge in [-0.3, -0.25) is 4.79 Å². The molecule has 160 valence electrons. The summed E-state index contributed by atoms with van der Waals surface area (Å²) >= 11 is 5.98. The first-order chi connectivity index (χ1) is 14.3. The molecule has 1 saturated heterocycles. The molecule has 2 aromatic rings. The summed E-state index contributed by atoms with van der Waals surface area (Å²) in [6, 6.07) is 12.0. The number of hydrogen-bond donors (Lipinski definition) is 2. The molecule has 2 N–H and O–H groups in total. The average Bonchev–Trinajstić information content (AvgIpc) is 2.98. The molecule has 0 unspecified atom stereocenters. The van der Waals surface area contributed by atoms with Crippen molar-refractivity contribution in [2.24, 2.45) is 11.8 Å². The number of rotatable bonds is 5. The SMILES string of the molecule is C=C.COc1ccc(/C=C2\OC(=O)[C@H](Cc3ccc(O)c(Cl)c3)[C@]2(O)C(C)C)cc1. The van der Waals surface area contributed by atoms with Crippen LogP contribution >= 0.6 is 11.6 Å². The van der Waals surface area contributed by atoms with Crippen molar-refractivity contribution in [3.63, 3.8) is 0 Å².